The maximum Gasteiger partial charge on any atom is 0.330 e. The standard InChI is InChI=1S/C32H28BrClN2O5/c1-15(2)29(32(40)41-14-23(37)35-22-13-12-21(33)28(34)16(22)3)36-30(38)26-24-17-8-4-5-9-18(17)25(27(26)31(36)39)20-11-7-6-10-19(20)24/h4-13,15,24-27,29H,14H2,1-3H3,(H,35,37)/t24?,25?,26-,27-,29-/m0/s1. The van der Waals surface area contributed by atoms with E-state index in [-0.39, 0.29) is 23.7 Å². The van der Waals surface area contributed by atoms with E-state index in [2.05, 4.69) is 21.2 Å². The minimum atomic E-state index is -1.15. The van der Waals surface area contributed by atoms with Gasteiger partial charge in [-0.2, -0.15) is 0 Å². The van der Waals surface area contributed by atoms with Gasteiger partial charge in [0.25, 0.3) is 5.91 Å². The van der Waals surface area contributed by atoms with Crippen molar-refractivity contribution in [2.24, 2.45) is 17.8 Å². The molecule has 4 aliphatic rings. The first-order valence-electron chi connectivity index (χ1n) is 13.6. The number of ether oxygens (including phenoxy) is 1. The molecule has 0 radical (unpaired) electrons. The van der Waals surface area contributed by atoms with Crippen LogP contribution in [0.5, 0.6) is 0 Å². The molecule has 0 aromatic heterocycles. The van der Waals surface area contributed by atoms with E-state index in [1.165, 1.54) is 0 Å². The zero-order valence-electron chi connectivity index (χ0n) is 22.7. The van der Waals surface area contributed by atoms with E-state index in [0.717, 1.165) is 27.2 Å². The molecule has 3 aromatic rings. The number of carbonyl (C=O) groups is 4. The molecule has 1 N–H and O–H groups in total. The summed E-state index contributed by atoms with van der Waals surface area (Å²) in [7, 11) is 0. The van der Waals surface area contributed by atoms with E-state index in [1.807, 2.05) is 48.5 Å². The fourth-order valence-corrected chi connectivity index (χ4v) is 7.44. The van der Waals surface area contributed by atoms with Crippen LogP contribution in [0.25, 0.3) is 0 Å². The summed E-state index contributed by atoms with van der Waals surface area (Å²) in [6.07, 6.45) is 0. The molecule has 7 nitrogen and oxygen atoms in total. The summed E-state index contributed by atoms with van der Waals surface area (Å²) < 4.78 is 6.10. The van der Waals surface area contributed by atoms with Crippen molar-refractivity contribution in [1.29, 1.82) is 0 Å². The van der Waals surface area contributed by atoms with E-state index >= 15 is 0 Å². The van der Waals surface area contributed by atoms with Gasteiger partial charge in [0, 0.05) is 22.0 Å². The number of rotatable bonds is 6. The topological polar surface area (TPSA) is 92.8 Å². The quantitative estimate of drug-likeness (QED) is 0.273. The highest BCUT2D eigenvalue weighted by Gasteiger charge is 2.63. The highest BCUT2D eigenvalue weighted by Crippen LogP contribution is 2.61. The molecule has 0 spiro atoms. The second-order valence-electron chi connectivity index (χ2n) is 11.2. The predicted octanol–water partition coefficient (Wildman–Crippen LogP) is 5.81. The minimum Gasteiger partial charge on any atom is -0.454 e. The second kappa shape index (κ2) is 10.4. The van der Waals surface area contributed by atoms with Crippen LogP contribution >= 0.6 is 27.5 Å². The SMILES string of the molecule is Cc1c(NC(=O)COC(=O)[C@H](C(C)C)N2C(=O)[C@H]3C4c5ccccc5C(c5ccccc54)[C@@H]3C2=O)ccc(Br)c1Cl. The molecule has 1 heterocycles. The van der Waals surface area contributed by atoms with E-state index in [1.54, 1.807) is 32.9 Å². The zero-order valence-corrected chi connectivity index (χ0v) is 25.0. The number of anilines is 1. The summed E-state index contributed by atoms with van der Waals surface area (Å²) in [4.78, 5) is 55.4. The molecule has 7 rings (SSSR count). The van der Waals surface area contributed by atoms with Crippen LogP contribution in [0.3, 0.4) is 0 Å². The number of esters is 1. The Morgan fingerprint density at radius 2 is 1.39 bits per heavy atom. The van der Waals surface area contributed by atoms with Crippen LogP contribution in [0.15, 0.2) is 65.1 Å². The Hall–Kier alpha value is -3.49. The number of halogens is 2. The Morgan fingerprint density at radius 3 is 1.85 bits per heavy atom. The third kappa shape index (κ3) is 4.30. The molecule has 210 valence electrons. The lowest BCUT2D eigenvalue weighted by molar-refractivity contribution is -0.162. The van der Waals surface area contributed by atoms with Crippen LogP contribution in [0, 0.1) is 24.7 Å². The molecule has 3 aromatic carbocycles. The van der Waals surface area contributed by atoms with Crippen molar-refractivity contribution in [3.63, 3.8) is 0 Å². The molecule has 1 fully saturated rings. The van der Waals surface area contributed by atoms with Gasteiger partial charge in [-0.1, -0.05) is 74.0 Å². The number of benzene rings is 3. The number of nitrogens with one attached hydrogen (secondary N) is 1. The van der Waals surface area contributed by atoms with Crippen molar-refractivity contribution in [2.75, 3.05) is 11.9 Å². The Morgan fingerprint density at radius 1 is 0.902 bits per heavy atom. The van der Waals surface area contributed by atoms with Crippen LogP contribution in [-0.2, 0) is 23.9 Å². The van der Waals surface area contributed by atoms with E-state index in [9.17, 15) is 19.2 Å². The first-order valence-corrected chi connectivity index (χ1v) is 14.7. The van der Waals surface area contributed by atoms with Crippen molar-refractivity contribution in [1.82, 2.24) is 4.90 Å². The smallest absolute Gasteiger partial charge is 0.330 e. The second-order valence-corrected chi connectivity index (χ2v) is 12.4. The van der Waals surface area contributed by atoms with Gasteiger partial charge >= 0.3 is 5.97 Å². The maximum absolute atomic E-state index is 14.1. The number of amides is 3. The first-order chi connectivity index (χ1) is 19.6. The van der Waals surface area contributed by atoms with Gasteiger partial charge in [-0.3, -0.25) is 19.3 Å². The van der Waals surface area contributed by atoms with Gasteiger partial charge in [0.05, 0.1) is 16.9 Å². The highest BCUT2D eigenvalue weighted by molar-refractivity contribution is 9.10. The molecule has 1 saturated heterocycles. The normalized spacial score (nSPS) is 22.7. The van der Waals surface area contributed by atoms with Crippen molar-refractivity contribution in [3.8, 4) is 0 Å². The van der Waals surface area contributed by atoms with Gasteiger partial charge in [-0.05, 0) is 68.7 Å². The lowest BCUT2D eigenvalue weighted by Gasteiger charge is -2.45. The molecule has 0 saturated carbocycles. The van der Waals surface area contributed by atoms with Gasteiger partial charge in [-0.15, -0.1) is 0 Å². The van der Waals surface area contributed by atoms with Crippen molar-refractivity contribution in [2.45, 2.75) is 38.6 Å². The summed E-state index contributed by atoms with van der Waals surface area (Å²) in [5, 5.41) is 3.16. The molecule has 0 unspecified atom stereocenters. The molecule has 1 aliphatic heterocycles. The number of nitrogens with zero attached hydrogens (tertiary/aromatic N) is 1. The lowest BCUT2D eigenvalue weighted by atomic mass is 9.55. The molecule has 9 heteroatoms. The molecule has 3 amide bonds. The van der Waals surface area contributed by atoms with Crippen LogP contribution in [-0.4, -0.2) is 41.2 Å². The third-order valence-corrected chi connectivity index (χ3v) is 9.97. The van der Waals surface area contributed by atoms with Crippen LogP contribution in [0.1, 0.15) is 53.5 Å². The zero-order chi connectivity index (χ0) is 29.2. The van der Waals surface area contributed by atoms with Crippen molar-refractivity contribution < 1.29 is 23.9 Å². The summed E-state index contributed by atoms with van der Waals surface area (Å²) in [5.41, 5.74) is 5.39. The van der Waals surface area contributed by atoms with Crippen molar-refractivity contribution >= 4 is 56.9 Å². The fourth-order valence-electron chi connectivity index (χ4n) is 6.85. The molecule has 2 bridgehead atoms. The molecule has 3 aliphatic carbocycles. The third-order valence-electron chi connectivity index (χ3n) is 8.59. The molecule has 3 atom stereocenters. The molecular weight excluding hydrogens is 608 g/mol. The minimum absolute atomic E-state index is 0.269. The van der Waals surface area contributed by atoms with Gasteiger partial charge in [0.1, 0.15) is 6.04 Å². The summed E-state index contributed by atoms with van der Waals surface area (Å²) in [5.74, 6) is -4.22. The van der Waals surface area contributed by atoms with Crippen LogP contribution in [0.4, 0.5) is 5.69 Å². The first kappa shape index (κ1) is 27.7. The van der Waals surface area contributed by atoms with Crippen LogP contribution < -0.4 is 5.32 Å². The fraction of sp³-hybridized carbons (Fsp3) is 0.312. The summed E-state index contributed by atoms with van der Waals surface area (Å²) in [6.45, 7) is 4.72. The molecular formula is C32H28BrClN2O5. The Labute approximate surface area is 251 Å². The Kier molecular flexibility index (Phi) is 7.02. The Balaban J connectivity index is 1.25. The molecule has 41 heavy (non-hydrogen) atoms. The number of likely N-dealkylation sites (tertiary alicyclic amines) is 1. The summed E-state index contributed by atoms with van der Waals surface area (Å²) >= 11 is 9.60. The van der Waals surface area contributed by atoms with E-state index in [4.69, 9.17) is 16.3 Å². The van der Waals surface area contributed by atoms with Crippen molar-refractivity contribution in [3.05, 3.63) is 98.0 Å². The van der Waals surface area contributed by atoms with Gasteiger partial charge < -0.3 is 10.1 Å². The van der Waals surface area contributed by atoms with Gasteiger partial charge in [0.15, 0.2) is 6.61 Å². The lowest BCUT2D eigenvalue weighted by Crippen LogP contribution is -2.49. The Bertz CT molecular complexity index is 1510. The number of imide groups is 1. The van der Waals surface area contributed by atoms with Crippen LogP contribution in [0.2, 0.25) is 5.02 Å². The average molecular weight is 636 g/mol. The number of carbonyl (C=O) groups excluding carboxylic acids is 4. The highest BCUT2D eigenvalue weighted by atomic mass is 79.9. The van der Waals surface area contributed by atoms with E-state index < -0.39 is 42.3 Å². The largest absolute Gasteiger partial charge is 0.454 e. The monoisotopic (exact) mass is 634 g/mol. The number of hydrogen-bond acceptors (Lipinski definition) is 5. The summed E-state index contributed by atoms with van der Waals surface area (Å²) in [6, 6.07) is 18.2. The number of hydrogen-bond donors (Lipinski definition) is 1. The maximum atomic E-state index is 14.1. The average Bonchev–Trinajstić information content (AvgIpc) is 3.22. The predicted molar refractivity (Wildman–Crippen MR) is 158 cm³/mol. The van der Waals surface area contributed by atoms with E-state index in [0.29, 0.717) is 20.7 Å². The van der Waals surface area contributed by atoms with Gasteiger partial charge in [-0.25, -0.2) is 4.79 Å². The van der Waals surface area contributed by atoms with Gasteiger partial charge in [0.2, 0.25) is 11.8 Å².